The smallest absolute Gasteiger partial charge is 0.255 e. The molecule has 2 aromatic heterocycles. The van der Waals surface area contributed by atoms with E-state index in [1.54, 1.807) is 6.20 Å². The number of hydrogen-bond donors (Lipinski definition) is 0. The Morgan fingerprint density at radius 2 is 2.15 bits per heavy atom. The van der Waals surface area contributed by atoms with Gasteiger partial charge in [-0.25, -0.2) is 4.98 Å². The quantitative estimate of drug-likeness (QED) is 0.682. The molecule has 1 atom stereocenters. The lowest BCUT2D eigenvalue weighted by atomic mass is 9.96. The van der Waals surface area contributed by atoms with Gasteiger partial charge in [0.15, 0.2) is 0 Å². The topological polar surface area (TPSA) is 51.0 Å². The summed E-state index contributed by atoms with van der Waals surface area (Å²) in [7, 11) is 0. The van der Waals surface area contributed by atoms with Crippen LogP contribution in [0, 0.1) is 0 Å². The van der Waals surface area contributed by atoms with E-state index in [-0.39, 0.29) is 5.91 Å². The molecule has 5 heteroatoms. The maximum atomic E-state index is 13.1. The van der Waals surface area contributed by atoms with Gasteiger partial charge < -0.3 is 9.47 Å². The highest BCUT2D eigenvalue weighted by atomic mass is 16.2. The van der Waals surface area contributed by atoms with E-state index in [2.05, 4.69) is 27.7 Å². The first-order chi connectivity index (χ1) is 13.3. The van der Waals surface area contributed by atoms with Crippen LogP contribution in [0.5, 0.6) is 0 Å². The third kappa shape index (κ3) is 3.72. The number of fused-ring (bicyclic) bond motifs is 1. The van der Waals surface area contributed by atoms with Crippen LogP contribution in [-0.4, -0.2) is 38.4 Å². The highest BCUT2D eigenvalue weighted by Gasteiger charge is 2.28. The van der Waals surface area contributed by atoms with Gasteiger partial charge in [0.25, 0.3) is 5.91 Å². The number of benzene rings is 1. The molecule has 0 spiro atoms. The molecule has 1 amide bonds. The van der Waals surface area contributed by atoms with Crippen molar-refractivity contribution in [2.24, 2.45) is 0 Å². The summed E-state index contributed by atoms with van der Waals surface area (Å²) in [6.07, 6.45) is 10.1. The molecule has 0 N–H and O–H groups in total. The van der Waals surface area contributed by atoms with Crippen molar-refractivity contribution in [2.75, 3.05) is 13.1 Å². The second-order valence-corrected chi connectivity index (χ2v) is 7.34. The molecule has 1 fully saturated rings. The molecule has 0 aliphatic carbocycles. The largest absolute Gasteiger partial charge is 0.338 e. The van der Waals surface area contributed by atoms with Crippen LogP contribution in [0.3, 0.4) is 0 Å². The van der Waals surface area contributed by atoms with Crippen molar-refractivity contribution in [3.05, 3.63) is 60.3 Å². The summed E-state index contributed by atoms with van der Waals surface area (Å²) in [6, 6.07) is 9.87. The summed E-state index contributed by atoms with van der Waals surface area (Å²) in [6.45, 7) is 4.74. The maximum absolute atomic E-state index is 13.1. The minimum atomic E-state index is 0.0737. The fourth-order valence-electron chi connectivity index (χ4n) is 3.94. The van der Waals surface area contributed by atoms with E-state index < -0.39 is 0 Å². The Kier molecular flexibility index (Phi) is 5.19. The van der Waals surface area contributed by atoms with Gasteiger partial charge in [0, 0.05) is 49.5 Å². The van der Waals surface area contributed by atoms with Crippen molar-refractivity contribution in [1.29, 1.82) is 0 Å². The van der Waals surface area contributed by atoms with Crippen LogP contribution in [0.2, 0.25) is 0 Å². The van der Waals surface area contributed by atoms with Gasteiger partial charge in [0.05, 0.1) is 11.1 Å². The highest BCUT2D eigenvalue weighted by molar-refractivity contribution is 5.97. The number of hydrogen-bond acceptors (Lipinski definition) is 3. The summed E-state index contributed by atoms with van der Waals surface area (Å²) < 4.78 is 2.26. The molecule has 5 nitrogen and oxygen atoms in total. The molecule has 0 unspecified atom stereocenters. The number of nitrogens with zero attached hydrogens (tertiary/aromatic N) is 4. The summed E-state index contributed by atoms with van der Waals surface area (Å²) >= 11 is 0. The van der Waals surface area contributed by atoms with E-state index in [1.807, 2.05) is 41.4 Å². The highest BCUT2D eigenvalue weighted by Crippen LogP contribution is 2.27. The predicted octanol–water partition coefficient (Wildman–Crippen LogP) is 4.25. The third-order valence-electron chi connectivity index (χ3n) is 5.41. The molecule has 4 rings (SSSR count). The number of likely N-dealkylation sites (tertiary alicyclic amines) is 1. The molecule has 27 heavy (non-hydrogen) atoms. The number of unbranched alkanes of at least 4 members (excludes halogenated alkanes) is 1. The maximum Gasteiger partial charge on any atom is 0.255 e. The minimum Gasteiger partial charge on any atom is -0.338 e. The average molecular weight is 362 g/mol. The van der Waals surface area contributed by atoms with Crippen LogP contribution in [0.1, 0.15) is 54.7 Å². The summed E-state index contributed by atoms with van der Waals surface area (Å²) in [4.78, 5) is 24.1. The number of carbonyl (C=O) groups is 1. The number of carbonyl (C=O) groups excluding carboxylic acids is 1. The molecule has 1 aliphatic heterocycles. The van der Waals surface area contributed by atoms with Crippen molar-refractivity contribution >= 4 is 16.8 Å². The zero-order valence-corrected chi connectivity index (χ0v) is 15.8. The van der Waals surface area contributed by atoms with Gasteiger partial charge in [-0.3, -0.25) is 9.78 Å². The number of rotatable bonds is 5. The second-order valence-electron chi connectivity index (χ2n) is 7.34. The van der Waals surface area contributed by atoms with Crippen LogP contribution in [0.25, 0.3) is 10.9 Å². The number of piperidine rings is 1. The predicted molar refractivity (Wildman–Crippen MR) is 107 cm³/mol. The number of imidazole rings is 1. The molecule has 0 saturated carbocycles. The van der Waals surface area contributed by atoms with Gasteiger partial charge >= 0.3 is 0 Å². The molecular weight excluding hydrogens is 336 g/mol. The lowest BCUT2D eigenvalue weighted by molar-refractivity contribution is 0.0703. The van der Waals surface area contributed by atoms with Gasteiger partial charge in [-0.15, -0.1) is 0 Å². The molecule has 1 aliphatic rings. The summed E-state index contributed by atoms with van der Waals surface area (Å²) in [5.74, 6) is 1.50. The fraction of sp³-hybridized carbons (Fsp3) is 0.409. The molecular formula is C22H26N4O. The van der Waals surface area contributed by atoms with E-state index in [9.17, 15) is 4.79 Å². The normalized spacial score (nSPS) is 17.4. The van der Waals surface area contributed by atoms with Crippen molar-refractivity contribution in [2.45, 2.75) is 45.1 Å². The fourth-order valence-corrected chi connectivity index (χ4v) is 3.94. The van der Waals surface area contributed by atoms with Gasteiger partial charge in [0.2, 0.25) is 0 Å². The van der Waals surface area contributed by atoms with Crippen LogP contribution in [0.15, 0.2) is 48.9 Å². The van der Waals surface area contributed by atoms with Crippen LogP contribution >= 0.6 is 0 Å². The van der Waals surface area contributed by atoms with Crippen molar-refractivity contribution < 1.29 is 4.79 Å². The number of pyridine rings is 1. The Morgan fingerprint density at radius 1 is 1.26 bits per heavy atom. The van der Waals surface area contributed by atoms with E-state index in [1.165, 1.54) is 6.42 Å². The van der Waals surface area contributed by atoms with Crippen LogP contribution < -0.4 is 0 Å². The van der Waals surface area contributed by atoms with Crippen LogP contribution in [-0.2, 0) is 6.54 Å². The van der Waals surface area contributed by atoms with Crippen molar-refractivity contribution in [3.8, 4) is 0 Å². The average Bonchev–Trinajstić information content (AvgIpc) is 3.20. The summed E-state index contributed by atoms with van der Waals surface area (Å²) in [5, 5.41) is 1.01. The first-order valence-corrected chi connectivity index (χ1v) is 9.91. The lowest BCUT2D eigenvalue weighted by Crippen LogP contribution is -2.39. The molecule has 0 bridgehead atoms. The Bertz CT molecular complexity index is 933. The second kappa shape index (κ2) is 7.91. The Morgan fingerprint density at radius 3 is 3.04 bits per heavy atom. The van der Waals surface area contributed by atoms with Gasteiger partial charge in [-0.05, 0) is 31.4 Å². The zero-order chi connectivity index (χ0) is 18.6. The molecule has 140 valence electrons. The monoisotopic (exact) mass is 362 g/mol. The minimum absolute atomic E-state index is 0.0737. The molecule has 3 aromatic rings. The number of para-hydroxylation sites is 1. The Hall–Kier alpha value is -2.69. The molecule has 3 heterocycles. The van der Waals surface area contributed by atoms with Gasteiger partial charge in [0.1, 0.15) is 5.82 Å². The standard InChI is InChI=1S/C22H26N4O/c1-2-3-11-25-13-10-23-21(25)18-8-6-12-26(16-18)22(27)19-14-17-7-4-5-9-20(17)24-15-19/h4-5,7,9-10,13-15,18H,2-3,6,8,11-12,16H2,1H3/t18-/m0/s1. The molecule has 1 saturated heterocycles. The summed E-state index contributed by atoms with van der Waals surface area (Å²) in [5.41, 5.74) is 1.59. The van der Waals surface area contributed by atoms with E-state index in [4.69, 9.17) is 0 Å². The lowest BCUT2D eigenvalue weighted by Gasteiger charge is -2.32. The van der Waals surface area contributed by atoms with Crippen LogP contribution in [0.4, 0.5) is 0 Å². The Balaban J connectivity index is 1.52. The molecule has 0 radical (unpaired) electrons. The Labute approximate surface area is 160 Å². The molecule has 1 aromatic carbocycles. The van der Waals surface area contributed by atoms with Crippen molar-refractivity contribution in [3.63, 3.8) is 0 Å². The van der Waals surface area contributed by atoms with E-state index in [0.29, 0.717) is 11.5 Å². The zero-order valence-electron chi connectivity index (χ0n) is 15.8. The number of aryl methyl sites for hydroxylation is 1. The first-order valence-electron chi connectivity index (χ1n) is 9.91. The van der Waals surface area contributed by atoms with Crippen molar-refractivity contribution in [1.82, 2.24) is 19.4 Å². The SMILES string of the molecule is CCCCn1ccnc1[C@H]1CCCN(C(=O)c2cnc3ccccc3c2)C1. The first kappa shape index (κ1) is 17.7. The van der Waals surface area contributed by atoms with Gasteiger partial charge in [-0.2, -0.15) is 0 Å². The van der Waals surface area contributed by atoms with E-state index in [0.717, 1.165) is 55.6 Å². The van der Waals surface area contributed by atoms with E-state index >= 15 is 0 Å². The van der Waals surface area contributed by atoms with Gasteiger partial charge in [-0.1, -0.05) is 31.5 Å². The third-order valence-corrected chi connectivity index (χ3v) is 5.41. The number of aromatic nitrogens is 3. The number of amides is 1.